The Balaban J connectivity index is 1.16. The van der Waals surface area contributed by atoms with Gasteiger partial charge in [0.15, 0.2) is 5.82 Å². The van der Waals surface area contributed by atoms with Crippen molar-refractivity contribution in [1.82, 2.24) is 34.8 Å². The molecule has 6 fully saturated rings. The van der Waals surface area contributed by atoms with Gasteiger partial charge in [0.2, 0.25) is 5.91 Å². The Hall–Kier alpha value is -4.04. The maximum atomic E-state index is 17.3. The summed E-state index contributed by atoms with van der Waals surface area (Å²) in [6.07, 6.45) is 12.4. The zero-order chi connectivity index (χ0) is 36.8. The number of nitriles is 1. The van der Waals surface area contributed by atoms with Crippen LogP contribution in [-0.2, 0) is 11.2 Å². The second kappa shape index (κ2) is 13.3. The largest absolute Gasteiger partial charge is 0.337 e. The Kier molecular flexibility index (Phi) is 8.50. The SMILES string of the molecule is Cc1nc2c(F)c(-c3cccc(Cl)c3Cl)c(CCC#N)cc2c2c1cc([C@H]1C[C@H](n3cc(C4CCCCC4)nn3)CN1C(=O)C1CC1)n2[C@H]1[C@H]2CN[C@@H]1C2. The first-order chi connectivity index (χ1) is 26.3. The van der Waals surface area contributed by atoms with E-state index < -0.39 is 5.82 Å². The van der Waals surface area contributed by atoms with Gasteiger partial charge < -0.3 is 14.8 Å². The van der Waals surface area contributed by atoms with Gasteiger partial charge in [-0.15, -0.1) is 5.10 Å². The Morgan fingerprint density at radius 1 is 1.09 bits per heavy atom. The van der Waals surface area contributed by atoms with Gasteiger partial charge >= 0.3 is 0 Å². The molecular weight excluding hydrogens is 722 g/mol. The molecule has 12 heteroatoms. The molecule has 6 heterocycles. The molecule has 6 aliphatic rings. The fourth-order valence-corrected chi connectivity index (χ4v) is 10.6. The number of carbonyl (C=O) groups is 1. The molecule has 54 heavy (non-hydrogen) atoms. The van der Waals surface area contributed by atoms with Gasteiger partial charge in [-0.05, 0) is 81.5 Å². The summed E-state index contributed by atoms with van der Waals surface area (Å²) in [6.45, 7) is 3.46. The van der Waals surface area contributed by atoms with Crippen LogP contribution in [0.5, 0.6) is 0 Å². The molecule has 1 amide bonds. The second-order valence-corrected chi connectivity index (χ2v) is 17.2. The fraction of sp³-hybridized carbons (Fsp3) is 0.500. The first-order valence-corrected chi connectivity index (χ1v) is 20.5. The van der Waals surface area contributed by atoms with Crippen molar-refractivity contribution in [2.24, 2.45) is 11.8 Å². The van der Waals surface area contributed by atoms with E-state index in [9.17, 15) is 10.1 Å². The van der Waals surface area contributed by atoms with Crippen molar-refractivity contribution in [1.29, 1.82) is 5.26 Å². The van der Waals surface area contributed by atoms with Crippen LogP contribution in [0.15, 0.2) is 36.5 Å². The molecule has 278 valence electrons. The minimum Gasteiger partial charge on any atom is -0.337 e. The molecule has 0 radical (unpaired) electrons. The lowest BCUT2D eigenvalue weighted by molar-refractivity contribution is -0.133. The van der Waals surface area contributed by atoms with E-state index in [-0.39, 0.29) is 46.9 Å². The number of aromatic nitrogens is 5. The highest BCUT2D eigenvalue weighted by molar-refractivity contribution is 6.43. The lowest BCUT2D eigenvalue weighted by Gasteiger charge is -2.39. The third-order valence-electron chi connectivity index (χ3n) is 13.2. The quantitative estimate of drug-likeness (QED) is 0.169. The maximum absolute atomic E-state index is 17.3. The normalized spacial score (nSPS) is 25.5. The lowest BCUT2D eigenvalue weighted by Crippen LogP contribution is -2.41. The molecule has 11 rings (SSSR count). The van der Waals surface area contributed by atoms with Crippen LogP contribution in [0.3, 0.4) is 0 Å². The van der Waals surface area contributed by atoms with Crippen LogP contribution in [0.2, 0.25) is 10.0 Å². The highest BCUT2D eigenvalue weighted by atomic mass is 35.5. The van der Waals surface area contributed by atoms with Gasteiger partial charge in [0.05, 0.1) is 45.5 Å². The number of rotatable bonds is 8. The molecule has 5 atom stereocenters. The zero-order valence-electron chi connectivity index (χ0n) is 30.4. The van der Waals surface area contributed by atoms with E-state index in [1.54, 1.807) is 18.2 Å². The highest BCUT2D eigenvalue weighted by Gasteiger charge is 2.51. The van der Waals surface area contributed by atoms with E-state index in [1.165, 1.54) is 19.3 Å². The van der Waals surface area contributed by atoms with Crippen molar-refractivity contribution >= 4 is 50.9 Å². The standard InChI is InChI=1S/C42H43Cl2FN8O/c1-22-29-18-35(34-17-27(20-51(34)42(54)24-12-13-24)52-21-33(49-50-52)23-7-3-2-4-8-23)53(40-26-16-32(40)47-19-26)41(29)30-15-25(9-6-14-46)36(38(45)39(30)48-22)28-10-5-11-31(43)37(28)44/h5,10-11,15,18,21,23-24,26-27,32,34,40,47H,2-4,6-9,12-13,16-17,19-20H2,1H3/t26-,27+,32-,34-,40+/m1/s1. The monoisotopic (exact) mass is 764 g/mol. The van der Waals surface area contributed by atoms with Crippen molar-refractivity contribution in [2.75, 3.05) is 13.1 Å². The van der Waals surface area contributed by atoms with Crippen LogP contribution in [0.25, 0.3) is 32.9 Å². The Bertz CT molecular complexity index is 2360. The van der Waals surface area contributed by atoms with Gasteiger partial charge in [-0.1, -0.05) is 59.8 Å². The average molecular weight is 766 g/mol. The Labute approximate surface area is 323 Å². The molecule has 9 nitrogen and oxygen atoms in total. The van der Waals surface area contributed by atoms with Crippen molar-refractivity contribution in [2.45, 2.75) is 108 Å². The van der Waals surface area contributed by atoms with Crippen LogP contribution in [0, 0.1) is 35.9 Å². The molecule has 1 N–H and O–H groups in total. The lowest BCUT2D eigenvalue weighted by atomic mass is 9.79. The maximum Gasteiger partial charge on any atom is 0.226 e. The molecule has 0 unspecified atom stereocenters. The molecule has 3 saturated carbocycles. The summed E-state index contributed by atoms with van der Waals surface area (Å²) in [4.78, 5) is 21.3. The smallest absolute Gasteiger partial charge is 0.226 e. The number of aryl methyl sites for hydroxylation is 2. The first-order valence-electron chi connectivity index (χ1n) is 19.7. The summed E-state index contributed by atoms with van der Waals surface area (Å²) >= 11 is 13.2. The number of carbonyl (C=O) groups excluding carboxylic acids is 1. The third-order valence-corrected chi connectivity index (χ3v) is 14.0. The molecule has 2 aromatic carbocycles. The number of likely N-dealkylation sites (tertiary alicyclic amines) is 1. The van der Waals surface area contributed by atoms with Gasteiger partial charge in [0.1, 0.15) is 5.52 Å². The van der Waals surface area contributed by atoms with Crippen LogP contribution in [-0.4, -0.2) is 54.5 Å². The number of benzene rings is 2. The molecule has 2 bridgehead atoms. The zero-order valence-corrected chi connectivity index (χ0v) is 31.9. The van der Waals surface area contributed by atoms with Gasteiger partial charge in [0, 0.05) is 76.9 Å². The number of nitrogens with one attached hydrogen (secondary N) is 1. The summed E-state index contributed by atoms with van der Waals surface area (Å²) in [6, 6.07) is 12.0. The van der Waals surface area contributed by atoms with E-state index in [1.807, 2.05) is 17.7 Å². The summed E-state index contributed by atoms with van der Waals surface area (Å²) in [7, 11) is 0. The molecule has 3 aliphatic carbocycles. The van der Waals surface area contributed by atoms with E-state index in [0.29, 0.717) is 57.9 Å². The topological polar surface area (TPSA) is 105 Å². The minimum absolute atomic E-state index is 0.00115. The predicted molar refractivity (Wildman–Crippen MR) is 207 cm³/mol. The number of halogens is 3. The van der Waals surface area contributed by atoms with Crippen molar-refractivity contribution < 1.29 is 9.18 Å². The molecular formula is C42H43Cl2FN8O. The summed E-state index contributed by atoms with van der Waals surface area (Å²) in [5.41, 5.74) is 5.60. The molecule has 3 saturated heterocycles. The number of nitrogens with zero attached hydrogens (tertiary/aromatic N) is 7. The van der Waals surface area contributed by atoms with Crippen molar-refractivity contribution in [3.63, 3.8) is 0 Å². The second-order valence-electron chi connectivity index (χ2n) is 16.4. The van der Waals surface area contributed by atoms with Crippen LogP contribution >= 0.6 is 23.2 Å². The van der Waals surface area contributed by atoms with Crippen LogP contribution < -0.4 is 5.32 Å². The highest BCUT2D eigenvalue weighted by Crippen LogP contribution is 2.52. The van der Waals surface area contributed by atoms with Crippen molar-refractivity contribution in [3.8, 4) is 17.2 Å². The summed E-state index contributed by atoms with van der Waals surface area (Å²) < 4.78 is 21.8. The summed E-state index contributed by atoms with van der Waals surface area (Å²) in [5.74, 6) is 0.699. The number of pyridine rings is 1. The van der Waals surface area contributed by atoms with Gasteiger partial charge in [-0.2, -0.15) is 5.26 Å². The third kappa shape index (κ3) is 5.48. The van der Waals surface area contributed by atoms with E-state index in [0.717, 1.165) is 73.1 Å². The Morgan fingerprint density at radius 2 is 1.93 bits per heavy atom. The number of hydrogen-bond acceptors (Lipinski definition) is 6. The van der Waals surface area contributed by atoms with Crippen LogP contribution in [0.1, 0.15) is 111 Å². The van der Waals surface area contributed by atoms with Gasteiger partial charge in [0.25, 0.3) is 0 Å². The summed E-state index contributed by atoms with van der Waals surface area (Å²) in [5, 5.41) is 25.0. The average Bonchev–Trinajstić information content (AvgIpc) is 3.67. The predicted octanol–water partition coefficient (Wildman–Crippen LogP) is 9.16. The number of hydrogen-bond donors (Lipinski definition) is 1. The number of fused-ring (bicyclic) bond motifs is 4. The van der Waals surface area contributed by atoms with Gasteiger partial charge in [-0.3, -0.25) is 4.79 Å². The van der Waals surface area contributed by atoms with Crippen LogP contribution in [0.4, 0.5) is 4.39 Å². The van der Waals surface area contributed by atoms with E-state index in [4.69, 9.17) is 28.2 Å². The molecule has 0 spiro atoms. The molecule has 5 aromatic rings. The van der Waals surface area contributed by atoms with Crippen molar-refractivity contribution in [3.05, 3.63) is 75.0 Å². The van der Waals surface area contributed by atoms with E-state index in [2.05, 4.69) is 43.4 Å². The number of amides is 1. The minimum atomic E-state index is -0.468. The Morgan fingerprint density at radius 3 is 2.67 bits per heavy atom. The molecule has 3 aliphatic heterocycles. The van der Waals surface area contributed by atoms with Gasteiger partial charge in [-0.25, -0.2) is 14.1 Å². The van der Waals surface area contributed by atoms with E-state index >= 15 is 4.39 Å². The molecule has 3 aromatic heterocycles. The fourth-order valence-electron chi connectivity index (χ4n) is 10.2. The first kappa shape index (κ1) is 34.5.